The first-order chi connectivity index (χ1) is 15.7. The zero-order chi connectivity index (χ0) is 24.0. The fourth-order valence-corrected chi connectivity index (χ4v) is 6.29. The van der Waals surface area contributed by atoms with Crippen molar-refractivity contribution < 1.29 is 17.9 Å². The Hall–Kier alpha value is -1.96. The van der Waals surface area contributed by atoms with Gasteiger partial charge in [-0.1, -0.05) is 45.2 Å². The molecule has 0 bridgehead atoms. The molecule has 4 heteroatoms. The van der Waals surface area contributed by atoms with Crippen LogP contribution in [0.25, 0.3) is 5.32 Å². The average Bonchev–Trinajstić information content (AvgIpc) is 3.35. The van der Waals surface area contributed by atoms with Crippen molar-refractivity contribution in [1.29, 1.82) is 0 Å². The van der Waals surface area contributed by atoms with Crippen molar-refractivity contribution in [3.05, 3.63) is 93.6 Å². The SMILES string of the molecule is Cc1cc(C2CCC(C)[N-]2)c(C)[n-]1.Cc1cccc(C)c1[N]=[Mo+2]=[CH]C(C)(C)c1ccccc1. The molecule has 1 fully saturated rings. The summed E-state index contributed by atoms with van der Waals surface area (Å²) in [5.41, 5.74) is 8.85. The standard InChI is InChI=1S/C11H16N2.C10H12.C8H9N.Mo/c1-7-4-5-11(13-7)10-6-8(2)12-9(10)3;1-10(2,3)9-7-5-4-6-8-9;1-6-4-3-5-7(2)8(6)9;/h6-7,11H,4-5H2,1-3H3;1,4-8H,2-3H3;3-5H,1-2H3;/q-2;;;+2. The third kappa shape index (κ3) is 7.01. The summed E-state index contributed by atoms with van der Waals surface area (Å²) in [6.45, 7) is 15.1. The van der Waals surface area contributed by atoms with Gasteiger partial charge >= 0.3 is 130 Å². The molecule has 0 radical (unpaired) electrons. The number of hydrogen-bond acceptors (Lipinski definition) is 1. The molecule has 1 aliphatic heterocycles. The van der Waals surface area contributed by atoms with Crippen LogP contribution in [0.15, 0.2) is 58.1 Å². The Morgan fingerprint density at radius 3 is 2.15 bits per heavy atom. The number of aromatic nitrogens is 1. The maximum atomic E-state index is 4.89. The summed E-state index contributed by atoms with van der Waals surface area (Å²) in [4.78, 5) is 4.42. The van der Waals surface area contributed by atoms with Gasteiger partial charge in [0.15, 0.2) is 0 Å². The second-order valence-electron chi connectivity index (χ2n) is 9.67. The van der Waals surface area contributed by atoms with Gasteiger partial charge in [-0.2, -0.15) is 11.4 Å². The third-order valence-electron chi connectivity index (χ3n) is 6.23. The second-order valence-corrected chi connectivity index (χ2v) is 11.2. The predicted octanol–water partition coefficient (Wildman–Crippen LogP) is 7.84. The fourth-order valence-electron chi connectivity index (χ4n) is 4.22. The molecule has 0 N–H and O–H groups in total. The van der Waals surface area contributed by atoms with Gasteiger partial charge in [-0.25, -0.2) is 0 Å². The van der Waals surface area contributed by atoms with Gasteiger partial charge in [0.25, 0.3) is 0 Å². The molecular weight excluding hydrogens is 486 g/mol. The summed E-state index contributed by atoms with van der Waals surface area (Å²) in [7, 11) is 0. The van der Waals surface area contributed by atoms with Gasteiger partial charge in [0.05, 0.1) is 0 Å². The summed E-state index contributed by atoms with van der Waals surface area (Å²) >= 11 is -0.493. The van der Waals surface area contributed by atoms with Gasteiger partial charge in [-0.05, 0) is 0 Å². The molecule has 33 heavy (non-hydrogen) atoms. The van der Waals surface area contributed by atoms with E-state index < -0.39 is 17.9 Å². The number of hydrogen-bond donors (Lipinski definition) is 0. The van der Waals surface area contributed by atoms with Crippen LogP contribution in [0, 0.1) is 27.7 Å². The number of nitrogens with zero attached hydrogens (tertiary/aromatic N) is 3. The molecule has 0 saturated carbocycles. The van der Waals surface area contributed by atoms with E-state index in [-0.39, 0.29) is 5.41 Å². The molecule has 0 aliphatic carbocycles. The van der Waals surface area contributed by atoms with Crippen LogP contribution in [0.5, 0.6) is 0 Å². The van der Waals surface area contributed by atoms with Gasteiger partial charge in [0.2, 0.25) is 0 Å². The van der Waals surface area contributed by atoms with E-state index in [2.05, 4.69) is 112 Å². The molecule has 2 atom stereocenters. The quantitative estimate of drug-likeness (QED) is 0.321. The normalized spacial score (nSPS) is 17.7. The summed E-state index contributed by atoms with van der Waals surface area (Å²) in [6, 6.07) is 20.2. The molecular formula is C29H37MoN3. The Morgan fingerprint density at radius 1 is 0.939 bits per heavy atom. The molecule has 1 aliphatic rings. The molecule has 1 saturated heterocycles. The van der Waals surface area contributed by atoms with Crippen LogP contribution in [0.1, 0.15) is 73.3 Å². The van der Waals surface area contributed by atoms with E-state index >= 15 is 0 Å². The van der Waals surface area contributed by atoms with Crippen LogP contribution in [0.2, 0.25) is 0 Å². The van der Waals surface area contributed by atoms with Gasteiger partial charge in [-0.15, -0.1) is 12.1 Å². The predicted molar refractivity (Wildman–Crippen MR) is 138 cm³/mol. The zero-order valence-corrected chi connectivity index (χ0v) is 23.1. The van der Waals surface area contributed by atoms with Gasteiger partial charge in [0.1, 0.15) is 0 Å². The minimum atomic E-state index is -0.493. The van der Waals surface area contributed by atoms with Crippen molar-refractivity contribution in [1.82, 2.24) is 4.98 Å². The van der Waals surface area contributed by atoms with Crippen LogP contribution in [-0.4, -0.2) is 10.4 Å². The Kier molecular flexibility index (Phi) is 8.90. The van der Waals surface area contributed by atoms with Crippen LogP contribution in [0.3, 0.4) is 0 Å². The second kappa shape index (κ2) is 11.4. The number of benzene rings is 2. The van der Waals surface area contributed by atoms with E-state index in [0.29, 0.717) is 12.1 Å². The molecule has 174 valence electrons. The molecule has 4 rings (SSSR count). The van der Waals surface area contributed by atoms with Crippen LogP contribution >= 0.6 is 0 Å². The van der Waals surface area contributed by atoms with Crippen LogP contribution < -0.4 is 4.98 Å². The van der Waals surface area contributed by atoms with Crippen LogP contribution in [-0.2, 0) is 23.3 Å². The Balaban J connectivity index is 0.000000203. The molecule has 3 aromatic rings. The summed E-state index contributed by atoms with van der Waals surface area (Å²) < 4.78 is 7.31. The molecule has 2 heterocycles. The Morgan fingerprint density at radius 2 is 1.61 bits per heavy atom. The van der Waals surface area contributed by atoms with E-state index in [1.54, 1.807) is 0 Å². The molecule has 0 amide bonds. The summed E-state index contributed by atoms with van der Waals surface area (Å²) in [5.74, 6) is 0. The zero-order valence-electron chi connectivity index (χ0n) is 21.1. The van der Waals surface area contributed by atoms with Gasteiger partial charge in [-0.3, -0.25) is 0 Å². The topological polar surface area (TPSA) is 40.6 Å². The molecule has 1 aromatic heterocycles. The van der Waals surface area contributed by atoms with Crippen molar-refractivity contribution in [3.63, 3.8) is 0 Å². The maximum absolute atomic E-state index is 4.89. The van der Waals surface area contributed by atoms with Crippen molar-refractivity contribution in [2.45, 2.75) is 78.8 Å². The summed E-state index contributed by atoms with van der Waals surface area (Å²) in [6.07, 6.45) is 2.43. The first kappa shape index (κ1) is 25.7. The average molecular weight is 524 g/mol. The fraction of sp³-hybridized carbons (Fsp3) is 0.414. The first-order valence-electron chi connectivity index (χ1n) is 11.8. The van der Waals surface area contributed by atoms with Crippen molar-refractivity contribution in [2.24, 2.45) is 3.50 Å². The monoisotopic (exact) mass is 525 g/mol. The third-order valence-corrected chi connectivity index (χ3v) is 8.64. The van der Waals surface area contributed by atoms with E-state index in [9.17, 15) is 0 Å². The van der Waals surface area contributed by atoms with E-state index in [0.717, 1.165) is 5.69 Å². The van der Waals surface area contributed by atoms with Crippen molar-refractivity contribution in [2.75, 3.05) is 0 Å². The van der Waals surface area contributed by atoms with E-state index in [1.807, 2.05) is 0 Å². The molecule has 2 aromatic carbocycles. The minimum absolute atomic E-state index is 0.101. The Bertz CT molecular complexity index is 1100. The first-order valence-corrected chi connectivity index (χ1v) is 13.9. The number of rotatable bonds is 4. The van der Waals surface area contributed by atoms with Crippen molar-refractivity contribution >= 4 is 10.1 Å². The molecule has 3 nitrogen and oxygen atoms in total. The van der Waals surface area contributed by atoms with Gasteiger partial charge < -0.3 is 10.3 Å². The van der Waals surface area contributed by atoms with E-state index in [4.69, 9.17) is 8.81 Å². The van der Waals surface area contributed by atoms with Crippen molar-refractivity contribution in [3.8, 4) is 0 Å². The Labute approximate surface area is 208 Å². The van der Waals surface area contributed by atoms with Crippen LogP contribution in [0.4, 0.5) is 5.69 Å². The molecule has 0 spiro atoms. The summed E-state index contributed by atoms with van der Waals surface area (Å²) in [5, 5.41) is 4.69. The number of aryl methyl sites for hydroxylation is 4. The van der Waals surface area contributed by atoms with Gasteiger partial charge in [0, 0.05) is 0 Å². The molecule has 2 unspecified atom stereocenters. The van der Waals surface area contributed by atoms with E-state index in [1.165, 1.54) is 46.5 Å².